The van der Waals surface area contributed by atoms with Gasteiger partial charge in [-0.3, -0.25) is 4.79 Å². The number of nitrogens with two attached hydrogens (primary N) is 1. The lowest BCUT2D eigenvalue weighted by molar-refractivity contribution is -0.115. The lowest BCUT2D eigenvalue weighted by Gasteiger charge is -2.04. The molecule has 0 unspecified atom stereocenters. The van der Waals surface area contributed by atoms with E-state index in [1.165, 1.54) is 6.33 Å². The van der Waals surface area contributed by atoms with E-state index in [1.54, 1.807) is 24.5 Å². The Balaban J connectivity index is 1.98. The molecule has 2 aromatic rings. The molecule has 1 amide bonds. The fourth-order valence-electron chi connectivity index (χ4n) is 1.46. The van der Waals surface area contributed by atoms with Gasteiger partial charge in [0, 0.05) is 5.69 Å². The minimum Gasteiger partial charge on any atom is -0.399 e. The van der Waals surface area contributed by atoms with E-state index in [0.717, 1.165) is 5.56 Å². The summed E-state index contributed by atoms with van der Waals surface area (Å²) in [5.41, 5.74) is 7.75. The Morgan fingerprint density at radius 1 is 1.29 bits per heavy atom. The van der Waals surface area contributed by atoms with Crippen molar-refractivity contribution in [2.75, 3.05) is 11.1 Å². The number of rotatable bonds is 3. The van der Waals surface area contributed by atoms with Crippen molar-refractivity contribution in [3.63, 3.8) is 0 Å². The standard InChI is InChI=1S/C12H12N4O/c13-10-3-1-2-9(4-10)5-12(17)16-11-6-14-8-15-7-11/h1-4,6-8H,5,13H2,(H,16,17). The first-order valence-electron chi connectivity index (χ1n) is 5.13. The van der Waals surface area contributed by atoms with Gasteiger partial charge >= 0.3 is 0 Å². The highest BCUT2D eigenvalue weighted by Gasteiger charge is 2.04. The first kappa shape index (κ1) is 11.1. The average molecular weight is 228 g/mol. The molecule has 0 saturated carbocycles. The van der Waals surface area contributed by atoms with Crippen molar-refractivity contribution < 1.29 is 4.79 Å². The monoisotopic (exact) mass is 228 g/mol. The van der Waals surface area contributed by atoms with Crippen LogP contribution in [0.1, 0.15) is 5.56 Å². The van der Waals surface area contributed by atoms with Crippen LogP contribution < -0.4 is 11.1 Å². The highest BCUT2D eigenvalue weighted by Crippen LogP contribution is 2.08. The third-order valence-corrected chi connectivity index (χ3v) is 2.16. The maximum atomic E-state index is 11.7. The molecule has 3 N–H and O–H groups in total. The lowest BCUT2D eigenvalue weighted by Crippen LogP contribution is -2.14. The van der Waals surface area contributed by atoms with Gasteiger partial charge in [-0.05, 0) is 17.7 Å². The third kappa shape index (κ3) is 3.27. The van der Waals surface area contributed by atoms with Gasteiger partial charge in [0.05, 0.1) is 24.5 Å². The molecule has 2 rings (SSSR count). The molecular formula is C12H12N4O. The van der Waals surface area contributed by atoms with Crippen LogP contribution in [0.5, 0.6) is 0 Å². The number of hydrogen-bond donors (Lipinski definition) is 2. The van der Waals surface area contributed by atoms with E-state index in [4.69, 9.17) is 5.73 Å². The van der Waals surface area contributed by atoms with E-state index in [-0.39, 0.29) is 12.3 Å². The van der Waals surface area contributed by atoms with E-state index in [0.29, 0.717) is 11.4 Å². The molecule has 0 aliphatic rings. The molecule has 0 bridgehead atoms. The Morgan fingerprint density at radius 3 is 2.76 bits per heavy atom. The second-order valence-electron chi connectivity index (χ2n) is 3.60. The molecule has 1 aromatic heterocycles. The SMILES string of the molecule is Nc1cccc(CC(=O)Nc2cncnc2)c1. The number of carbonyl (C=O) groups is 1. The summed E-state index contributed by atoms with van der Waals surface area (Å²) in [5, 5.41) is 2.71. The Kier molecular flexibility index (Phi) is 3.30. The van der Waals surface area contributed by atoms with Gasteiger partial charge in [0.1, 0.15) is 6.33 Å². The zero-order valence-corrected chi connectivity index (χ0v) is 9.13. The predicted octanol–water partition coefficient (Wildman–Crippen LogP) is 1.24. The zero-order chi connectivity index (χ0) is 12.1. The van der Waals surface area contributed by atoms with Crippen LogP contribution in [0.4, 0.5) is 11.4 Å². The van der Waals surface area contributed by atoms with Crippen LogP contribution in [0.2, 0.25) is 0 Å². The second-order valence-corrected chi connectivity index (χ2v) is 3.60. The summed E-state index contributed by atoms with van der Waals surface area (Å²) in [6, 6.07) is 7.24. The fourth-order valence-corrected chi connectivity index (χ4v) is 1.46. The van der Waals surface area contributed by atoms with Crippen LogP contribution in [-0.2, 0) is 11.2 Å². The summed E-state index contributed by atoms with van der Waals surface area (Å²) < 4.78 is 0. The van der Waals surface area contributed by atoms with Crippen LogP contribution >= 0.6 is 0 Å². The van der Waals surface area contributed by atoms with Gasteiger partial charge in [0.25, 0.3) is 0 Å². The average Bonchev–Trinajstić information content (AvgIpc) is 2.30. The molecule has 0 spiro atoms. The quantitative estimate of drug-likeness (QED) is 0.774. The smallest absolute Gasteiger partial charge is 0.228 e. The number of carbonyl (C=O) groups excluding carboxylic acids is 1. The number of hydrogen-bond acceptors (Lipinski definition) is 4. The number of benzene rings is 1. The first-order chi connectivity index (χ1) is 8.24. The van der Waals surface area contributed by atoms with Gasteiger partial charge in [-0.25, -0.2) is 9.97 Å². The minimum atomic E-state index is -0.120. The molecule has 0 aliphatic carbocycles. The number of amides is 1. The Morgan fingerprint density at radius 2 is 2.06 bits per heavy atom. The molecule has 0 saturated heterocycles. The molecule has 0 aliphatic heterocycles. The molecule has 5 nitrogen and oxygen atoms in total. The van der Waals surface area contributed by atoms with Crippen molar-refractivity contribution in [3.8, 4) is 0 Å². The summed E-state index contributed by atoms with van der Waals surface area (Å²) in [6.45, 7) is 0. The van der Waals surface area contributed by atoms with Crippen LogP contribution in [0.3, 0.4) is 0 Å². The van der Waals surface area contributed by atoms with Gasteiger partial charge in [-0.15, -0.1) is 0 Å². The number of aromatic nitrogens is 2. The van der Waals surface area contributed by atoms with E-state index < -0.39 is 0 Å². The van der Waals surface area contributed by atoms with Crippen molar-refractivity contribution >= 4 is 17.3 Å². The van der Waals surface area contributed by atoms with Crippen LogP contribution in [0.25, 0.3) is 0 Å². The zero-order valence-electron chi connectivity index (χ0n) is 9.13. The molecule has 17 heavy (non-hydrogen) atoms. The van der Waals surface area contributed by atoms with E-state index >= 15 is 0 Å². The normalized spacial score (nSPS) is 9.88. The van der Waals surface area contributed by atoms with E-state index in [2.05, 4.69) is 15.3 Å². The maximum absolute atomic E-state index is 11.7. The third-order valence-electron chi connectivity index (χ3n) is 2.16. The number of anilines is 2. The van der Waals surface area contributed by atoms with Crippen molar-refractivity contribution in [2.45, 2.75) is 6.42 Å². The topological polar surface area (TPSA) is 80.9 Å². The molecular weight excluding hydrogens is 216 g/mol. The molecule has 1 aromatic carbocycles. The van der Waals surface area contributed by atoms with Crippen molar-refractivity contribution in [3.05, 3.63) is 48.5 Å². The van der Waals surface area contributed by atoms with Crippen LogP contribution in [0, 0.1) is 0 Å². The van der Waals surface area contributed by atoms with E-state index in [1.807, 2.05) is 12.1 Å². The first-order valence-corrected chi connectivity index (χ1v) is 5.13. The fraction of sp³-hybridized carbons (Fsp3) is 0.0833. The van der Waals surface area contributed by atoms with Gasteiger partial charge in [-0.1, -0.05) is 12.1 Å². The van der Waals surface area contributed by atoms with Gasteiger partial charge in [0.2, 0.25) is 5.91 Å². The van der Waals surface area contributed by atoms with Crippen molar-refractivity contribution in [2.24, 2.45) is 0 Å². The number of nitrogen functional groups attached to an aromatic ring is 1. The molecule has 5 heteroatoms. The second kappa shape index (κ2) is 5.07. The molecule has 0 fully saturated rings. The maximum Gasteiger partial charge on any atom is 0.228 e. The summed E-state index contributed by atoms with van der Waals surface area (Å²) in [6.07, 6.45) is 4.78. The molecule has 0 atom stereocenters. The van der Waals surface area contributed by atoms with E-state index in [9.17, 15) is 4.79 Å². The minimum absolute atomic E-state index is 0.120. The lowest BCUT2D eigenvalue weighted by atomic mass is 10.1. The molecule has 1 heterocycles. The Labute approximate surface area is 98.7 Å². The summed E-state index contributed by atoms with van der Waals surface area (Å²) in [7, 11) is 0. The van der Waals surface area contributed by atoms with Gasteiger partial charge in [-0.2, -0.15) is 0 Å². The number of nitrogens with zero attached hydrogens (tertiary/aromatic N) is 2. The summed E-state index contributed by atoms with van der Waals surface area (Å²) >= 11 is 0. The Hall–Kier alpha value is -2.43. The van der Waals surface area contributed by atoms with Crippen molar-refractivity contribution in [1.29, 1.82) is 0 Å². The largest absolute Gasteiger partial charge is 0.399 e. The highest BCUT2D eigenvalue weighted by molar-refractivity contribution is 5.92. The molecule has 86 valence electrons. The summed E-state index contributed by atoms with van der Waals surface area (Å²) in [4.78, 5) is 19.3. The predicted molar refractivity (Wildman–Crippen MR) is 65.2 cm³/mol. The van der Waals surface area contributed by atoms with Crippen LogP contribution in [-0.4, -0.2) is 15.9 Å². The van der Waals surface area contributed by atoms with Gasteiger partial charge < -0.3 is 11.1 Å². The van der Waals surface area contributed by atoms with Crippen molar-refractivity contribution in [1.82, 2.24) is 9.97 Å². The molecule has 0 radical (unpaired) electrons. The van der Waals surface area contributed by atoms with Gasteiger partial charge in [0.15, 0.2) is 0 Å². The highest BCUT2D eigenvalue weighted by atomic mass is 16.1. The summed E-state index contributed by atoms with van der Waals surface area (Å²) in [5.74, 6) is -0.120. The number of nitrogens with one attached hydrogen (secondary N) is 1. The Bertz CT molecular complexity index is 513. The van der Waals surface area contributed by atoms with Crippen LogP contribution in [0.15, 0.2) is 43.0 Å².